The first-order valence-electron chi connectivity index (χ1n) is 27.6. The number of likely N-dealkylation sites (N-methyl/N-ethyl adjacent to an activating group) is 2. The Hall–Kier alpha value is -7.31. The van der Waals surface area contributed by atoms with Gasteiger partial charge in [-0.15, -0.1) is 4.91 Å². The first kappa shape index (κ1) is 63.2. The van der Waals surface area contributed by atoms with Gasteiger partial charge in [0, 0.05) is 58.0 Å². The van der Waals surface area contributed by atoms with Crippen molar-refractivity contribution >= 4 is 83.2 Å². The fourth-order valence-electron chi connectivity index (χ4n) is 10.7. The lowest BCUT2D eigenvalue weighted by Gasteiger charge is -2.26. The number of benzene rings is 2. The molecule has 12 rings (SSSR count). The summed E-state index contributed by atoms with van der Waals surface area (Å²) in [5, 5.41) is 16.7. The SMILES string of the molecule is C.CCNC(=O)[C@H]1O[C@@H](n2cnc3c(N)ncnc32)[C@@H]2OC(C)(C)O[C@@H]21.CCNC(=O)[C@H]1O[C@@H](n2cnc3c(NC(=O)Nc4ccc(S(=O)(=O)N5CCCCC5)cc4)ncnc32)[C@@H]2OC(C)(C)O[C@@H]21.O=Nc1ccc(S(=O)(=O)N2CCNCC2)cc1. The van der Waals surface area contributed by atoms with Crippen LogP contribution in [0.15, 0.2) is 88.8 Å². The van der Waals surface area contributed by atoms with E-state index in [1.165, 1.54) is 76.1 Å². The predicted octanol–water partition coefficient (Wildman–Crippen LogP) is 3.48. The molecule has 4 amide bonds. The Balaban J connectivity index is 0.000000173. The smallest absolute Gasteiger partial charge is 0.324 e. The van der Waals surface area contributed by atoms with Crippen molar-refractivity contribution in [1.82, 2.24) is 63.6 Å². The molecule has 31 nitrogen and oxygen atoms in total. The molecule has 33 heteroatoms. The number of amides is 4. The summed E-state index contributed by atoms with van der Waals surface area (Å²) in [5.41, 5.74) is 8.10. The zero-order valence-corrected chi connectivity index (χ0v) is 49.0. The molecule has 6 aliphatic rings. The van der Waals surface area contributed by atoms with E-state index in [1.807, 2.05) is 27.7 Å². The second-order valence-electron chi connectivity index (χ2n) is 21.2. The lowest BCUT2D eigenvalue weighted by atomic mass is 10.1. The minimum atomic E-state index is -3.58. The van der Waals surface area contributed by atoms with Crippen molar-refractivity contribution in [2.75, 3.05) is 68.7 Å². The zero-order chi connectivity index (χ0) is 60.4. The number of urea groups is 1. The van der Waals surface area contributed by atoms with Crippen molar-refractivity contribution in [3.8, 4) is 0 Å². The number of nitrogens with two attached hydrogens (primary N) is 1. The van der Waals surface area contributed by atoms with Crippen LogP contribution < -0.4 is 32.3 Å². The molecule has 464 valence electrons. The van der Waals surface area contributed by atoms with Crippen LogP contribution in [0.1, 0.15) is 80.7 Å². The van der Waals surface area contributed by atoms with Crippen LogP contribution in [0.5, 0.6) is 0 Å². The highest BCUT2D eigenvalue weighted by Gasteiger charge is 2.60. The molecule has 10 heterocycles. The molecule has 6 saturated heterocycles. The molecule has 8 atom stereocenters. The maximum Gasteiger partial charge on any atom is 0.324 e. The van der Waals surface area contributed by atoms with E-state index in [0.29, 0.717) is 80.4 Å². The van der Waals surface area contributed by atoms with Gasteiger partial charge in [-0.05, 0) is 108 Å². The Morgan fingerprint density at radius 2 is 1.09 bits per heavy atom. The van der Waals surface area contributed by atoms with E-state index in [1.54, 1.807) is 29.3 Å². The highest BCUT2D eigenvalue weighted by molar-refractivity contribution is 7.89. The molecule has 0 unspecified atom stereocenters. The van der Waals surface area contributed by atoms with Crippen molar-refractivity contribution in [1.29, 1.82) is 0 Å². The van der Waals surface area contributed by atoms with Gasteiger partial charge in [-0.3, -0.25) is 24.0 Å². The molecule has 0 saturated carbocycles. The number of ether oxygens (including phenoxy) is 6. The number of nitroso groups, excluding NO2 is 1. The number of hydrogen-bond acceptors (Lipinski definition) is 23. The van der Waals surface area contributed by atoms with E-state index < -0.39 is 86.7 Å². The number of rotatable bonds is 13. The molecule has 6 aromatic rings. The Morgan fingerprint density at radius 1 is 0.628 bits per heavy atom. The van der Waals surface area contributed by atoms with E-state index in [9.17, 15) is 36.1 Å². The fraction of sp³-hybridized carbons (Fsp3) is 0.528. The van der Waals surface area contributed by atoms with Gasteiger partial charge in [0.1, 0.15) is 48.3 Å². The van der Waals surface area contributed by atoms with Crippen LogP contribution in [0.25, 0.3) is 22.3 Å². The summed E-state index contributed by atoms with van der Waals surface area (Å²) < 4.78 is 92.6. The van der Waals surface area contributed by atoms with Crippen LogP contribution in [-0.4, -0.2) is 183 Å². The van der Waals surface area contributed by atoms with E-state index in [-0.39, 0.29) is 46.4 Å². The number of carbonyl (C=O) groups excluding carboxylic acids is 3. The van der Waals surface area contributed by atoms with E-state index in [4.69, 9.17) is 34.2 Å². The molecule has 0 bridgehead atoms. The standard InChI is InChI=1S/C27H34N8O7S.C15H20N6O4.C10H13N3O3S.CH4/c1-4-28-24(36)20-19-21(42-27(2,3)41-19)25(40-20)35-15-31-18-22(29-14-30-23(18)35)33-26(37)32-16-8-10-17(11-9-16)43(38,39)34-12-6-5-7-13-34;1-4-17-13(22)9-8-10(25-15(2,3)24-8)14(23-9)21-6-20-7-11(16)18-5-19-12(7)21;14-12-9-1-3-10(4-2-9)17(15,16)13-7-5-11-6-8-13;/h8-11,14-15,19-21,25H,4-7,12-13H2,1-3H3,(H,28,36)(H2,29,30,32,33,37);5-6,8-10,14H,4H2,1-3H3,(H,17,22)(H2,16,18,19);1-4,11H,5-8H2;1H4/t19-,20+,21-,25-;8-,9+,10-,14-;;/m11../s1. The normalized spacial score (nSPS) is 25.1. The zero-order valence-electron chi connectivity index (χ0n) is 47.4. The monoisotopic (exact) mass is 1230 g/mol. The average molecular weight is 1230 g/mol. The maximum atomic E-state index is 12.9. The van der Waals surface area contributed by atoms with Crippen LogP contribution in [0.2, 0.25) is 0 Å². The molecule has 0 aliphatic carbocycles. The summed E-state index contributed by atoms with van der Waals surface area (Å²) in [6.07, 6.45) is 3.07. The number of sulfonamides is 2. The number of nitrogens with one attached hydrogen (secondary N) is 5. The van der Waals surface area contributed by atoms with Gasteiger partial charge in [-0.1, -0.05) is 13.8 Å². The van der Waals surface area contributed by atoms with Crippen LogP contribution >= 0.6 is 0 Å². The summed E-state index contributed by atoms with van der Waals surface area (Å²) in [4.78, 5) is 74.0. The average Bonchev–Trinajstić information content (AvgIpc) is 1.64. The van der Waals surface area contributed by atoms with Gasteiger partial charge < -0.3 is 55.4 Å². The van der Waals surface area contributed by atoms with Gasteiger partial charge in [-0.2, -0.15) is 8.61 Å². The van der Waals surface area contributed by atoms with Crippen LogP contribution in [-0.2, 0) is 58.1 Å². The summed E-state index contributed by atoms with van der Waals surface area (Å²) in [5.74, 6) is -1.86. The topological polar surface area (TPSA) is 384 Å². The minimum Gasteiger partial charge on any atom is -0.382 e. The van der Waals surface area contributed by atoms with Crippen molar-refractivity contribution in [2.45, 2.75) is 139 Å². The van der Waals surface area contributed by atoms with Crippen molar-refractivity contribution in [2.24, 2.45) is 5.18 Å². The van der Waals surface area contributed by atoms with Crippen molar-refractivity contribution < 1.29 is 59.6 Å². The van der Waals surface area contributed by atoms with Gasteiger partial charge in [0.25, 0.3) is 11.8 Å². The number of nitrogen functional groups attached to an aromatic ring is 1. The predicted molar refractivity (Wildman–Crippen MR) is 310 cm³/mol. The lowest BCUT2D eigenvalue weighted by molar-refractivity contribution is -0.198. The third-order valence-electron chi connectivity index (χ3n) is 14.5. The number of nitrogens with zero attached hydrogens (tertiary/aromatic N) is 11. The molecular formula is C53H71N17O14S2. The van der Waals surface area contributed by atoms with Crippen molar-refractivity contribution in [3.63, 3.8) is 0 Å². The molecule has 7 N–H and O–H groups in total. The third-order valence-corrected chi connectivity index (χ3v) is 18.3. The number of piperazine rings is 1. The number of carbonyl (C=O) groups is 3. The number of piperidine rings is 1. The Kier molecular flexibility index (Phi) is 19.1. The summed E-state index contributed by atoms with van der Waals surface area (Å²) >= 11 is 0. The van der Waals surface area contributed by atoms with E-state index in [0.717, 1.165) is 19.3 Å². The maximum absolute atomic E-state index is 12.9. The summed E-state index contributed by atoms with van der Waals surface area (Å²) in [7, 11) is -7.02. The van der Waals surface area contributed by atoms with Gasteiger partial charge in [0.15, 0.2) is 64.7 Å². The Morgan fingerprint density at radius 3 is 1.60 bits per heavy atom. The molecular weight excluding hydrogens is 1160 g/mol. The van der Waals surface area contributed by atoms with E-state index >= 15 is 0 Å². The molecule has 4 aromatic heterocycles. The molecule has 86 heavy (non-hydrogen) atoms. The quantitative estimate of drug-likeness (QED) is 0.0901. The largest absolute Gasteiger partial charge is 0.382 e. The second-order valence-corrected chi connectivity index (χ2v) is 25.1. The number of hydrogen-bond donors (Lipinski definition) is 6. The second kappa shape index (κ2) is 26.0. The van der Waals surface area contributed by atoms with Gasteiger partial charge in [-0.25, -0.2) is 51.5 Å². The Bertz CT molecular complexity index is 3640. The number of fused-ring (bicyclic) bond motifs is 4. The van der Waals surface area contributed by atoms with Crippen molar-refractivity contribution in [3.05, 3.63) is 78.7 Å². The molecule has 6 aliphatic heterocycles. The van der Waals surface area contributed by atoms with Crippen LogP contribution in [0, 0.1) is 4.91 Å². The molecule has 0 spiro atoms. The first-order chi connectivity index (χ1) is 40.6. The molecule has 6 fully saturated rings. The number of anilines is 3. The lowest BCUT2D eigenvalue weighted by Crippen LogP contribution is -2.46. The molecule has 2 aromatic carbocycles. The van der Waals surface area contributed by atoms with Gasteiger partial charge >= 0.3 is 6.03 Å². The third kappa shape index (κ3) is 13.2. The summed E-state index contributed by atoms with van der Waals surface area (Å²) in [6.45, 7) is 15.0. The van der Waals surface area contributed by atoms with Crippen LogP contribution in [0.3, 0.4) is 0 Å². The number of aromatic nitrogens is 8. The highest BCUT2D eigenvalue weighted by atomic mass is 32.2. The van der Waals surface area contributed by atoms with E-state index in [2.05, 4.69) is 61.7 Å². The number of imidazole rings is 2. The fourth-order valence-corrected chi connectivity index (χ4v) is 13.7. The van der Waals surface area contributed by atoms with Crippen LogP contribution in [0.4, 0.5) is 27.8 Å². The van der Waals surface area contributed by atoms with Gasteiger partial charge in [0.2, 0.25) is 20.0 Å². The summed E-state index contributed by atoms with van der Waals surface area (Å²) in [6, 6.07) is 11.0. The minimum absolute atomic E-state index is 0. The molecule has 0 radical (unpaired) electrons. The van der Waals surface area contributed by atoms with Gasteiger partial charge in [0.05, 0.1) is 22.4 Å². The first-order valence-corrected chi connectivity index (χ1v) is 30.5. The Labute approximate surface area is 495 Å². The highest BCUT2D eigenvalue weighted by Crippen LogP contribution is 2.45.